The summed E-state index contributed by atoms with van der Waals surface area (Å²) in [5, 5.41) is 0. The van der Waals surface area contributed by atoms with Gasteiger partial charge < -0.3 is 10.5 Å². The van der Waals surface area contributed by atoms with Crippen LogP contribution in [0.4, 0.5) is 0 Å². The maximum absolute atomic E-state index is 11.5. The highest BCUT2D eigenvalue weighted by Gasteiger charge is 2.26. The summed E-state index contributed by atoms with van der Waals surface area (Å²) >= 11 is 0. The molecular weight excluding hydrogens is 166 g/mol. The van der Waals surface area contributed by atoms with Gasteiger partial charge in [0.2, 0.25) is 0 Å². The van der Waals surface area contributed by atoms with Crippen LogP contribution in [0.1, 0.15) is 39.5 Å². The first kappa shape index (κ1) is 10.5. The number of carbonyl (C=O) groups is 1. The molecule has 13 heavy (non-hydrogen) atoms. The Kier molecular flexibility index (Phi) is 3.72. The van der Waals surface area contributed by atoms with Crippen molar-refractivity contribution in [2.45, 2.75) is 51.7 Å². The average Bonchev–Trinajstić information content (AvgIpc) is 2.03. The molecule has 1 aliphatic carbocycles. The summed E-state index contributed by atoms with van der Waals surface area (Å²) < 4.78 is 5.14. The molecule has 3 heteroatoms. The minimum absolute atomic E-state index is 0.00866. The zero-order chi connectivity index (χ0) is 9.84. The second kappa shape index (κ2) is 4.61. The molecule has 2 atom stereocenters. The van der Waals surface area contributed by atoms with E-state index < -0.39 is 0 Å². The van der Waals surface area contributed by atoms with E-state index >= 15 is 0 Å². The molecule has 0 aliphatic heterocycles. The molecule has 2 N–H and O–H groups in total. The fourth-order valence-corrected chi connectivity index (χ4v) is 1.77. The molecule has 0 saturated heterocycles. The van der Waals surface area contributed by atoms with E-state index in [4.69, 9.17) is 10.5 Å². The summed E-state index contributed by atoms with van der Waals surface area (Å²) in [6.07, 6.45) is 3.83. The number of esters is 1. The van der Waals surface area contributed by atoms with Gasteiger partial charge in [-0.1, -0.05) is 6.42 Å². The van der Waals surface area contributed by atoms with Gasteiger partial charge in [0.05, 0.1) is 12.0 Å². The largest absolute Gasteiger partial charge is 0.463 e. The number of hydrogen-bond donors (Lipinski definition) is 1. The minimum atomic E-state index is -0.0647. The van der Waals surface area contributed by atoms with Crippen molar-refractivity contribution in [3.05, 3.63) is 0 Å². The van der Waals surface area contributed by atoms with Crippen LogP contribution in [0.3, 0.4) is 0 Å². The molecule has 1 rings (SSSR count). The fraction of sp³-hybridized carbons (Fsp3) is 0.900. The lowest BCUT2D eigenvalue weighted by atomic mass is 9.86. The number of ether oxygens (including phenoxy) is 1. The maximum atomic E-state index is 11.5. The smallest absolute Gasteiger partial charge is 0.309 e. The zero-order valence-electron chi connectivity index (χ0n) is 8.45. The summed E-state index contributed by atoms with van der Waals surface area (Å²) in [5.74, 6) is -0.0173. The molecule has 0 heterocycles. The molecule has 3 nitrogen and oxygen atoms in total. The Morgan fingerprint density at radius 2 is 2.15 bits per heavy atom. The Morgan fingerprint density at radius 1 is 1.46 bits per heavy atom. The predicted molar refractivity (Wildman–Crippen MR) is 51.2 cm³/mol. The first-order valence-corrected chi connectivity index (χ1v) is 5.05. The third-order valence-electron chi connectivity index (χ3n) is 2.40. The third-order valence-corrected chi connectivity index (χ3v) is 2.40. The Balaban J connectivity index is 2.37. The fourth-order valence-electron chi connectivity index (χ4n) is 1.77. The first-order valence-electron chi connectivity index (χ1n) is 5.05. The normalized spacial score (nSPS) is 28.9. The highest BCUT2D eigenvalue weighted by molar-refractivity contribution is 5.72. The van der Waals surface area contributed by atoms with Crippen molar-refractivity contribution in [2.75, 3.05) is 0 Å². The van der Waals surface area contributed by atoms with Crippen molar-refractivity contribution >= 4 is 5.97 Å². The second-order valence-electron chi connectivity index (χ2n) is 4.11. The highest BCUT2D eigenvalue weighted by Crippen LogP contribution is 2.24. The lowest BCUT2D eigenvalue weighted by Crippen LogP contribution is -2.33. The van der Waals surface area contributed by atoms with Crippen molar-refractivity contribution in [1.82, 2.24) is 0 Å². The van der Waals surface area contributed by atoms with Gasteiger partial charge in [-0.25, -0.2) is 0 Å². The SMILES string of the molecule is CC(C)OC(=O)C1CCCC(N)C1. The van der Waals surface area contributed by atoms with Crippen LogP contribution in [-0.2, 0) is 9.53 Å². The van der Waals surface area contributed by atoms with E-state index in [1.807, 2.05) is 13.8 Å². The maximum Gasteiger partial charge on any atom is 0.309 e. The quantitative estimate of drug-likeness (QED) is 0.662. The molecule has 0 aromatic carbocycles. The third kappa shape index (κ3) is 3.35. The van der Waals surface area contributed by atoms with Crippen LogP contribution < -0.4 is 5.73 Å². The molecule has 76 valence electrons. The summed E-state index contributed by atoms with van der Waals surface area (Å²) in [4.78, 5) is 11.5. The number of nitrogens with two attached hydrogens (primary N) is 1. The van der Waals surface area contributed by atoms with Crippen molar-refractivity contribution in [2.24, 2.45) is 11.7 Å². The van der Waals surface area contributed by atoms with Crippen LogP contribution >= 0.6 is 0 Å². The molecule has 0 amide bonds. The lowest BCUT2D eigenvalue weighted by molar-refractivity contribution is -0.153. The second-order valence-corrected chi connectivity index (χ2v) is 4.11. The van der Waals surface area contributed by atoms with Crippen LogP contribution in [0.5, 0.6) is 0 Å². The molecule has 0 aromatic rings. The Bertz CT molecular complexity index is 180. The van der Waals surface area contributed by atoms with E-state index in [9.17, 15) is 4.79 Å². The Morgan fingerprint density at radius 3 is 2.69 bits per heavy atom. The van der Waals surface area contributed by atoms with Crippen LogP contribution in [0.25, 0.3) is 0 Å². The van der Waals surface area contributed by atoms with Gasteiger partial charge in [0.25, 0.3) is 0 Å². The van der Waals surface area contributed by atoms with E-state index in [-0.39, 0.29) is 24.0 Å². The highest BCUT2D eigenvalue weighted by atomic mass is 16.5. The topological polar surface area (TPSA) is 52.3 Å². The van der Waals surface area contributed by atoms with Crippen LogP contribution in [0.2, 0.25) is 0 Å². The standard InChI is InChI=1S/C10H19NO2/c1-7(2)13-10(12)8-4-3-5-9(11)6-8/h7-9H,3-6,11H2,1-2H3. The van der Waals surface area contributed by atoms with Crippen molar-refractivity contribution in [3.63, 3.8) is 0 Å². The molecule has 2 unspecified atom stereocenters. The molecule has 1 fully saturated rings. The van der Waals surface area contributed by atoms with Crippen molar-refractivity contribution in [1.29, 1.82) is 0 Å². The lowest BCUT2D eigenvalue weighted by Gasteiger charge is -2.25. The van der Waals surface area contributed by atoms with E-state index in [0.29, 0.717) is 0 Å². The van der Waals surface area contributed by atoms with Crippen molar-refractivity contribution < 1.29 is 9.53 Å². The van der Waals surface area contributed by atoms with Crippen LogP contribution in [0, 0.1) is 5.92 Å². The van der Waals surface area contributed by atoms with Crippen molar-refractivity contribution in [3.8, 4) is 0 Å². The van der Waals surface area contributed by atoms with E-state index in [0.717, 1.165) is 25.7 Å². The van der Waals surface area contributed by atoms with Gasteiger partial charge in [0, 0.05) is 6.04 Å². The first-order chi connectivity index (χ1) is 6.09. The van der Waals surface area contributed by atoms with E-state index in [2.05, 4.69) is 0 Å². The Hall–Kier alpha value is -0.570. The molecule has 0 aromatic heterocycles. The van der Waals surface area contributed by atoms with Gasteiger partial charge in [-0.05, 0) is 33.1 Å². The Labute approximate surface area is 79.6 Å². The molecule has 1 saturated carbocycles. The van der Waals surface area contributed by atoms with Gasteiger partial charge in [-0.15, -0.1) is 0 Å². The number of carbonyl (C=O) groups excluding carboxylic acids is 1. The summed E-state index contributed by atoms with van der Waals surface area (Å²) in [5.41, 5.74) is 5.79. The minimum Gasteiger partial charge on any atom is -0.463 e. The molecule has 0 spiro atoms. The van der Waals surface area contributed by atoms with Gasteiger partial charge in [0.15, 0.2) is 0 Å². The van der Waals surface area contributed by atoms with E-state index in [1.165, 1.54) is 0 Å². The van der Waals surface area contributed by atoms with E-state index in [1.54, 1.807) is 0 Å². The summed E-state index contributed by atoms with van der Waals surface area (Å²) in [6.45, 7) is 3.75. The molecule has 0 radical (unpaired) electrons. The van der Waals surface area contributed by atoms with Gasteiger partial charge >= 0.3 is 5.97 Å². The van der Waals surface area contributed by atoms with Gasteiger partial charge in [0.1, 0.15) is 0 Å². The monoisotopic (exact) mass is 185 g/mol. The molecular formula is C10H19NO2. The zero-order valence-corrected chi connectivity index (χ0v) is 8.45. The number of rotatable bonds is 2. The van der Waals surface area contributed by atoms with Gasteiger partial charge in [-0.3, -0.25) is 4.79 Å². The molecule has 1 aliphatic rings. The summed E-state index contributed by atoms with van der Waals surface area (Å²) in [7, 11) is 0. The summed E-state index contributed by atoms with van der Waals surface area (Å²) in [6, 6.07) is 0.193. The number of hydrogen-bond acceptors (Lipinski definition) is 3. The van der Waals surface area contributed by atoms with Crippen LogP contribution in [-0.4, -0.2) is 18.1 Å². The molecule has 0 bridgehead atoms. The average molecular weight is 185 g/mol. The van der Waals surface area contributed by atoms with Gasteiger partial charge in [-0.2, -0.15) is 0 Å². The van der Waals surface area contributed by atoms with Crippen LogP contribution in [0.15, 0.2) is 0 Å². The predicted octanol–water partition coefficient (Wildman–Crippen LogP) is 1.46.